The highest BCUT2D eigenvalue weighted by atomic mass is 32.2. The molecule has 0 spiro atoms. The minimum Gasteiger partial charge on any atom is -0.376 e. The zero-order chi connectivity index (χ0) is 21.1. The van der Waals surface area contributed by atoms with Gasteiger partial charge >= 0.3 is 0 Å². The number of carbonyl (C=O) groups excluding carboxylic acids is 1. The van der Waals surface area contributed by atoms with Crippen molar-refractivity contribution in [2.45, 2.75) is 91.3 Å². The van der Waals surface area contributed by atoms with Crippen LogP contribution in [0.15, 0.2) is 0 Å². The normalized spacial score (nSPS) is 29.9. The van der Waals surface area contributed by atoms with Crippen LogP contribution in [0.3, 0.4) is 0 Å². The molecular weight excluding hydrogens is 376 g/mol. The zero-order valence-corrected chi connectivity index (χ0v) is 19.3. The fraction of sp³-hybridized carbons (Fsp3) is 0.952. The smallest absolute Gasteiger partial charge is 0.228 e. The van der Waals surface area contributed by atoms with E-state index in [1.807, 2.05) is 25.7 Å². The van der Waals surface area contributed by atoms with Gasteiger partial charge in [-0.3, -0.25) is 4.79 Å². The lowest BCUT2D eigenvalue weighted by molar-refractivity contribution is -0.147. The number of sulfonamides is 1. The average Bonchev–Trinajstić information content (AvgIpc) is 2.58. The number of nitrogens with zero attached hydrogens (tertiary/aromatic N) is 1. The Morgan fingerprint density at radius 2 is 1.75 bits per heavy atom. The lowest BCUT2D eigenvalue weighted by Gasteiger charge is -2.44. The second kappa shape index (κ2) is 9.43. The lowest BCUT2D eigenvalue weighted by Crippen LogP contribution is -2.60. The van der Waals surface area contributed by atoms with Crippen LogP contribution in [0.1, 0.15) is 73.1 Å². The highest BCUT2D eigenvalue weighted by molar-refractivity contribution is 7.88. The molecule has 1 aliphatic carbocycles. The van der Waals surface area contributed by atoms with Gasteiger partial charge in [0.2, 0.25) is 15.9 Å². The second-order valence-corrected chi connectivity index (χ2v) is 11.8. The molecular formula is C21H40N2O4S. The third kappa shape index (κ3) is 6.70. The molecule has 1 saturated carbocycles. The molecule has 1 N–H and O–H groups in total. The van der Waals surface area contributed by atoms with Gasteiger partial charge < -0.3 is 9.64 Å². The van der Waals surface area contributed by atoms with Crippen LogP contribution < -0.4 is 4.72 Å². The van der Waals surface area contributed by atoms with Gasteiger partial charge in [0.1, 0.15) is 0 Å². The average molecular weight is 417 g/mol. The van der Waals surface area contributed by atoms with E-state index in [4.69, 9.17) is 4.74 Å². The van der Waals surface area contributed by atoms with E-state index in [0.29, 0.717) is 19.1 Å². The van der Waals surface area contributed by atoms with Crippen LogP contribution >= 0.6 is 0 Å². The molecule has 0 unspecified atom stereocenters. The van der Waals surface area contributed by atoms with Crippen LogP contribution in [-0.4, -0.2) is 56.8 Å². The summed E-state index contributed by atoms with van der Waals surface area (Å²) in [6.45, 7) is 11.4. The maximum Gasteiger partial charge on any atom is 0.228 e. The Kier molecular flexibility index (Phi) is 7.96. The summed E-state index contributed by atoms with van der Waals surface area (Å²) >= 11 is 0. The van der Waals surface area contributed by atoms with Gasteiger partial charge in [0, 0.05) is 18.0 Å². The minimum absolute atomic E-state index is 0.0598. The van der Waals surface area contributed by atoms with Crippen LogP contribution in [0.5, 0.6) is 0 Å². The summed E-state index contributed by atoms with van der Waals surface area (Å²) in [7, 11) is -3.34. The van der Waals surface area contributed by atoms with Gasteiger partial charge in [-0.1, -0.05) is 34.6 Å². The highest BCUT2D eigenvalue weighted by Gasteiger charge is 2.40. The van der Waals surface area contributed by atoms with Crippen molar-refractivity contribution in [3.63, 3.8) is 0 Å². The van der Waals surface area contributed by atoms with E-state index < -0.39 is 15.4 Å². The van der Waals surface area contributed by atoms with Crippen molar-refractivity contribution in [2.24, 2.45) is 17.3 Å². The van der Waals surface area contributed by atoms with Crippen LogP contribution in [0.4, 0.5) is 0 Å². The summed E-state index contributed by atoms with van der Waals surface area (Å²) in [4.78, 5) is 14.9. The molecule has 6 nitrogen and oxygen atoms in total. The predicted octanol–water partition coefficient (Wildman–Crippen LogP) is 3.17. The second-order valence-electron chi connectivity index (χ2n) is 10.1. The van der Waals surface area contributed by atoms with Crippen molar-refractivity contribution >= 4 is 15.9 Å². The van der Waals surface area contributed by atoms with Crippen molar-refractivity contribution in [1.29, 1.82) is 0 Å². The summed E-state index contributed by atoms with van der Waals surface area (Å²) in [5.41, 5.74) is -0.499. The predicted molar refractivity (Wildman–Crippen MR) is 112 cm³/mol. The highest BCUT2D eigenvalue weighted by Crippen LogP contribution is 2.32. The van der Waals surface area contributed by atoms with Gasteiger partial charge in [-0.25, -0.2) is 13.1 Å². The molecule has 2 atom stereocenters. The number of amides is 1. The maximum absolute atomic E-state index is 13.0. The SMILES string of the molecule is CC(C)C1CCC(OC[C@H]2[C@@H](NS(C)(=O)=O)CCCN2C(=O)C(C)(C)C)CC1. The molecule has 2 rings (SSSR count). The zero-order valence-electron chi connectivity index (χ0n) is 18.5. The Morgan fingerprint density at radius 1 is 1.14 bits per heavy atom. The van der Waals surface area contributed by atoms with E-state index in [9.17, 15) is 13.2 Å². The fourth-order valence-corrected chi connectivity index (χ4v) is 5.34. The van der Waals surface area contributed by atoms with Crippen LogP contribution in [0.25, 0.3) is 0 Å². The number of likely N-dealkylation sites (tertiary alicyclic amines) is 1. The number of rotatable bonds is 6. The van der Waals surface area contributed by atoms with Gasteiger partial charge in [0.15, 0.2) is 0 Å². The monoisotopic (exact) mass is 416 g/mol. The third-order valence-corrected chi connectivity index (χ3v) is 6.94. The third-order valence-electron chi connectivity index (χ3n) is 6.21. The van der Waals surface area contributed by atoms with Gasteiger partial charge in [0.05, 0.1) is 25.0 Å². The van der Waals surface area contributed by atoms with Crippen molar-refractivity contribution < 1.29 is 17.9 Å². The van der Waals surface area contributed by atoms with E-state index in [0.717, 1.165) is 31.6 Å². The number of piperidine rings is 1. The molecule has 164 valence electrons. The molecule has 7 heteroatoms. The molecule has 0 aromatic heterocycles. The van der Waals surface area contributed by atoms with E-state index >= 15 is 0 Å². The number of carbonyl (C=O) groups is 1. The Bertz CT molecular complexity index is 619. The Labute approximate surface area is 171 Å². The standard InChI is InChI=1S/C21H40N2O4S/c1-15(2)16-9-11-17(12-10-16)27-14-19-18(22-28(6,25)26)8-7-13-23(19)20(24)21(3,4)5/h15-19,22H,7-14H2,1-6H3/t16?,17?,18-,19-/m0/s1. The van der Waals surface area contributed by atoms with Crippen molar-refractivity contribution in [1.82, 2.24) is 9.62 Å². The summed E-state index contributed by atoms with van der Waals surface area (Å²) in [6, 6.07) is -0.542. The Hall–Kier alpha value is -0.660. The maximum atomic E-state index is 13.0. The molecule has 1 heterocycles. The van der Waals surface area contributed by atoms with E-state index in [1.54, 1.807) is 0 Å². The molecule has 0 radical (unpaired) electrons. The minimum atomic E-state index is -3.34. The first-order valence-corrected chi connectivity index (χ1v) is 12.7. The molecule has 1 saturated heterocycles. The van der Waals surface area contributed by atoms with Gasteiger partial charge in [0.25, 0.3) is 0 Å². The van der Waals surface area contributed by atoms with E-state index in [-0.39, 0.29) is 24.1 Å². The topological polar surface area (TPSA) is 75.7 Å². The van der Waals surface area contributed by atoms with Crippen molar-refractivity contribution in [3.05, 3.63) is 0 Å². The Balaban J connectivity index is 2.07. The van der Waals surface area contributed by atoms with Crippen LogP contribution in [0, 0.1) is 17.3 Å². The quantitative estimate of drug-likeness (QED) is 0.722. The van der Waals surface area contributed by atoms with Crippen molar-refractivity contribution in [3.8, 4) is 0 Å². The molecule has 2 aliphatic rings. The van der Waals surface area contributed by atoms with Crippen molar-refractivity contribution in [2.75, 3.05) is 19.4 Å². The molecule has 0 aromatic rings. The summed E-state index contributed by atoms with van der Waals surface area (Å²) < 4.78 is 32.7. The first-order valence-electron chi connectivity index (χ1n) is 10.8. The molecule has 0 bridgehead atoms. The fourth-order valence-electron chi connectivity index (χ4n) is 4.52. The largest absolute Gasteiger partial charge is 0.376 e. The van der Waals surface area contributed by atoms with E-state index in [1.165, 1.54) is 19.1 Å². The number of hydrogen-bond donors (Lipinski definition) is 1. The number of nitrogens with one attached hydrogen (secondary N) is 1. The first-order chi connectivity index (χ1) is 12.9. The number of ether oxygens (including phenoxy) is 1. The Morgan fingerprint density at radius 3 is 2.25 bits per heavy atom. The molecule has 0 aromatic carbocycles. The summed E-state index contributed by atoms with van der Waals surface area (Å²) in [5, 5.41) is 0. The summed E-state index contributed by atoms with van der Waals surface area (Å²) in [5.74, 6) is 1.54. The van der Waals surface area contributed by atoms with E-state index in [2.05, 4.69) is 18.6 Å². The van der Waals surface area contributed by atoms with Crippen LogP contribution in [-0.2, 0) is 19.6 Å². The number of hydrogen-bond acceptors (Lipinski definition) is 4. The molecule has 1 amide bonds. The van der Waals surface area contributed by atoms with Gasteiger partial charge in [-0.15, -0.1) is 0 Å². The van der Waals surface area contributed by atoms with Crippen LogP contribution in [0.2, 0.25) is 0 Å². The molecule has 2 fully saturated rings. The van der Waals surface area contributed by atoms with Gasteiger partial charge in [-0.2, -0.15) is 0 Å². The van der Waals surface area contributed by atoms with Gasteiger partial charge in [-0.05, 0) is 50.4 Å². The first kappa shape index (κ1) is 23.6. The molecule has 1 aliphatic heterocycles. The molecule has 28 heavy (non-hydrogen) atoms. The lowest BCUT2D eigenvalue weighted by atomic mass is 9.80. The summed E-state index contributed by atoms with van der Waals surface area (Å²) in [6.07, 6.45) is 7.39.